The van der Waals surface area contributed by atoms with Gasteiger partial charge in [0.15, 0.2) is 5.82 Å². The minimum Gasteiger partial charge on any atom is -0.232 e. The smallest absolute Gasteiger partial charge is 0.153 e. The zero-order valence-electron chi connectivity index (χ0n) is 6.78. The zero-order valence-corrected chi connectivity index (χ0v) is 6.78. The van der Waals surface area contributed by atoms with Gasteiger partial charge in [-0.3, -0.25) is 0 Å². The first kappa shape index (κ1) is 7.72. The minimum atomic E-state index is 0.778. The highest BCUT2D eigenvalue weighted by atomic mass is 15.4. The van der Waals surface area contributed by atoms with Gasteiger partial charge in [0.05, 0.1) is 11.9 Å². The number of nitrogens with zero attached hydrogens (tertiary/aromatic N) is 3. The quantitative estimate of drug-likeness (QED) is 0.588. The van der Waals surface area contributed by atoms with Gasteiger partial charge in [-0.15, -0.1) is 0 Å². The van der Waals surface area contributed by atoms with Crippen LogP contribution in [-0.4, -0.2) is 15.9 Å². The van der Waals surface area contributed by atoms with Crippen LogP contribution in [0.4, 0.5) is 0 Å². The lowest BCUT2D eigenvalue weighted by molar-refractivity contribution is 0.866. The van der Waals surface area contributed by atoms with Crippen LogP contribution in [0.15, 0.2) is 17.9 Å². The molecular formula is C8H11N3. The number of imidazole rings is 1. The summed E-state index contributed by atoms with van der Waals surface area (Å²) in [6, 6.07) is 0. The first-order chi connectivity index (χ1) is 5.27. The van der Waals surface area contributed by atoms with Gasteiger partial charge in [-0.05, 0) is 19.9 Å². The van der Waals surface area contributed by atoms with Crippen LogP contribution in [0.3, 0.4) is 0 Å². The highest BCUT2D eigenvalue weighted by molar-refractivity contribution is 5.53. The maximum Gasteiger partial charge on any atom is 0.153 e. The van der Waals surface area contributed by atoms with Crippen molar-refractivity contribution < 1.29 is 0 Å². The van der Waals surface area contributed by atoms with E-state index in [9.17, 15) is 0 Å². The van der Waals surface area contributed by atoms with E-state index in [1.165, 1.54) is 0 Å². The molecule has 0 amide bonds. The van der Waals surface area contributed by atoms with Gasteiger partial charge in [0.1, 0.15) is 0 Å². The van der Waals surface area contributed by atoms with Crippen LogP contribution in [0.1, 0.15) is 18.4 Å². The molecule has 0 radical (unpaired) electrons. The van der Waals surface area contributed by atoms with E-state index >= 15 is 0 Å². The average molecular weight is 149 g/mol. The normalized spacial score (nSPS) is 10.7. The van der Waals surface area contributed by atoms with E-state index in [4.69, 9.17) is 0 Å². The Hall–Kier alpha value is -1.38. The van der Waals surface area contributed by atoms with E-state index < -0.39 is 0 Å². The second-order valence-corrected chi connectivity index (χ2v) is 2.16. The highest BCUT2D eigenvalue weighted by Crippen LogP contribution is 2.02. The van der Waals surface area contributed by atoms with Crippen molar-refractivity contribution in [1.29, 1.82) is 0 Å². The molecule has 0 aliphatic heterocycles. The SMILES string of the molecule is C=Cc1nc(C)cn1/N=C\C. The molecule has 0 N–H and O–H groups in total. The molecule has 0 saturated heterocycles. The first-order valence-corrected chi connectivity index (χ1v) is 3.45. The maximum absolute atomic E-state index is 4.18. The van der Waals surface area contributed by atoms with Crippen molar-refractivity contribution >= 4 is 12.3 Å². The van der Waals surface area contributed by atoms with Gasteiger partial charge in [0, 0.05) is 6.21 Å². The molecule has 3 nitrogen and oxygen atoms in total. The van der Waals surface area contributed by atoms with Crippen LogP contribution in [0.25, 0.3) is 6.08 Å². The number of aromatic nitrogens is 2. The standard InChI is InChI=1S/C8H11N3/c1-4-8-10-7(3)6-11(8)9-5-2/h4-6H,1H2,2-3H3/b9-5-. The Morgan fingerprint density at radius 2 is 2.45 bits per heavy atom. The molecule has 0 spiro atoms. The Morgan fingerprint density at radius 1 is 1.73 bits per heavy atom. The summed E-state index contributed by atoms with van der Waals surface area (Å²) in [5, 5.41) is 4.06. The van der Waals surface area contributed by atoms with Crippen molar-refractivity contribution in [2.24, 2.45) is 5.10 Å². The fraction of sp³-hybridized carbons (Fsp3) is 0.250. The molecule has 0 aromatic carbocycles. The lowest BCUT2D eigenvalue weighted by Gasteiger charge is -1.92. The van der Waals surface area contributed by atoms with Gasteiger partial charge in [-0.2, -0.15) is 5.10 Å². The van der Waals surface area contributed by atoms with E-state index in [2.05, 4.69) is 16.7 Å². The molecule has 3 heteroatoms. The molecule has 1 heterocycles. The van der Waals surface area contributed by atoms with Crippen molar-refractivity contribution in [3.63, 3.8) is 0 Å². The molecule has 0 saturated carbocycles. The molecular weight excluding hydrogens is 138 g/mol. The van der Waals surface area contributed by atoms with Gasteiger partial charge < -0.3 is 0 Å². The summed E-state index contributed by atoms with van der Waals surface area (Å²) in [5.74, 6) is 0.778. The second kappa shape index (κ2) is 3.14. The van der Waals surface area contributed by atoms with Crippen molar-refractivity contribution in [3.8, 4) is 0 Å². The second-order valence-electron chi connectivity index (χ2n) is 2.16. The Balaban J connectivity index is 3.11. The van der Waals surface area contributed by atoms with Gasteiger partial charge in [-0.1, -0.05) is 6.58 Å². The third kappa shape index (κ3) is 1.55. The van der Waals surface area contributed by atoms with Crippen LogP contribution < -0.4 is 0 Å². The molecule has 0 fully saturated rings. The van der Waals surface area contributed by atoms with Crippen LogP contribution in [0, 0.1) is 6.92 Å². The lowest BCUT2D eigenvalue weighted by Crippen LogP contribution is -1.89. The molecule has 0 atom stereocenters. The molecule has 0 unspecified atom stereocenters. The van der Waals surface area contributed by atoms with Crippen LogP contribution in [0.5, 0.6) is 0 Å². The summed E-state index contributed by atoms with van der Waals surface area (Å²) < 4.78 is 1.70. The predicted molar refractivity (Wildman–Crippen MR) is 46.6 cm³/mol. The lowest BCUT2D eigenvalue weighted by atomic mass is 10.6. The summed E-state index contributed by atoms with van der Waals surface area (Å²) in [5.41, 5.74) is 0.950. The van der Waals surface area contributed by atoms with Gasteiger partial charge in [0.2, 0.25) is 0 Å². The monoisotopic (exact) mass is 149 g/mol. The van der Waals surface area contributed by atoms with Crippen molar-refractivity contribution in [2.75, 3.05) is 0 Å². The van der Waals surface area contributed by atoms with E-state index in [1.807, 2.05) is 20.0 Å². The molecule has 0 bridgehead atoms. The fourth-order valence-corrected chi connectivity index (χ4v) is 0.860. The van der Waals surface area contributed by atoms with Gasteiger partial charge in [-0.25, -0.2) is 9.66 Å². The zero-order chi connectivity index (χ0) is 8.27. The molecule has 1 aromatic rings. The topological polar surface area (TPSA) is 30.2 Å². The molecule has 1 aromatic heterocycles. The van der Waals surface area contributed by atoms with Crippen molar-refractivity contribution in [3.05, 3.63) is 24.3 Å². The van der Waals surface area contributed by atoms with Crippen molar-refractivity contribution in [1.82, 2.24) is 9.66 Å². The van der Waals surface area contributed by atoms with E-state index in [-0.39, 0.29) is 0 Å². The molecule has 1 rings (SSSR count). The van der Waals surface area contributed by atoms with Crippen LogP contribution in [0.2, 0.25) is 0 Å². The summed E-state index contributed by atoms with van der Waals surface area (Å²) in [6.07, 6.45) is 5.26. The van der Waals surface area contributed by atoms with E-state index in [0.29, 0.717) is 0 Å². The molecule has 11 heavy (non-hydrogen) atoms. The highest BCUT2D eigenvalue weighted by Gasteiger charge is 1.97. The molecule has 0 aliphatic rings. The number of hydrogen-bond acceptors (Lipinski definition) is 2. The van der Waals surface area contributed by atoms with Crippen molar-refractivity contribution in [2.45, 2.75) is 13.8 Å². The number of hydrogen-bond donors (Lipinski definition) is 0. The summed E-state index contributed by atoms with van der Waals surface area (Å²) in [6.45, 7) is 7.42. The maximum atomic E-state index is 4.18. The Bertz CT molecular complexity index is 284. The summed E-state index contributed by atoms with van der Waals surface area (Å²) in [7, 11) is 0. The minimum absolute atomic E-state index is 0.778. The Morgan fingerprint density at radius 3 is 3.00 bits per heavy atom. The molecule has 0 aliphatic carbocycles. The van der Waals surface area contributed by atoms with Crippen LogP contribution >= 0.6 is 0 Å². The van der Waals surface area contributed by atoms with E-state index in [0.717, 1.165) is 11.5 Å². The summed E-state index contributed by atoms with van der Waals surface area (Å²) in [4.78, 5) is 4.18. The predicted octanol–water partition coefficient (Wildman–Crippen LogP) is 1.69. The number of rotatable bonds is 2. The van der Waals surface area contributed by atoms with Gasteiger partial charge >= 0.3 is 0 Å². The van der Waals surface area contributed by atoms with E-state index in [1.54, 1.807) is 17.0 Å². The Labute approximate surface area is 66.1 Å². The molecule has 58 valence electrons. The number of aryl methyl sites for hydroxylation is 1. The third-order valence-corrected chi connectivity index (χ3v) is 1.26. The fourth-order valence-electron chi connectivity index (χ4n) is 0.860. The van der Waals surface area contributed by atoms with Gasteiger partial charge in [0.25, 0.3) is 0 Å². The third-order valence-electron chi connectivity index (χ3n) is 1.26. The average Bonchev–Trinajstić information content (AvgIpc) is 2.32. The van der Waals surface area contributed by atoms with Crippen LogP contribution in [-0.2, 0) is 0 Å². The summed E-state index contributed by atoms with van der Waals surface area (Å²) >= 11 is 0. The Kier molecular flexibility index (Phi) is 2.21. The first-order valence-electron chi connectivity index (χ1n) is 3.45. The largest absolute Gasteiger partial charge is 0.232 e.